The topological polar surface area (TPSA) is 111 Å². The second-order valence-electron chi connectivity index (χ2n) is 7.22. The van der Waals surface area contributed by atoms with E-state index >= 15 is 0 Å². The van der Waals surface area contributed by atoms with Gasteiger partial charge < -0.3 is 9.67 Å². The highest BCUT2D eigenvalue weighted by Gasteiger charge is 2.23. The summed E-state index contributed by atoms with van der Waals surface area (Å²) in [6, 6.07) is 15.6. The average molecular weight is 463 g/mol. The molecule has 10 heteroatoms. The summed E-state index contributed by atoms with van der Waals surface area (Å²) in [5, 5.41) is 18.3. The van der Waals surface area contributed by atoms with E-state index in [2.05, 4.69) is 9.35 Å². The van der Waals surface area contributed by atoms with Crippen LogP contribution in [0, 0.1) is 0 Å². The Kier molecular flexibility index (Phi) is 6.08. The first-order valence-electron chi connectivity index (χ1n) is 8.89. The third-order valence-electron chi connectivity index (χ3n) is 4.51. The number of aliphatic hydroxyl groups is 1. The van der Waals surface area contributed by atoms with Gasteiger partial charge in [-0.25, -0.2) is 14.3 Å². The van der Waals surface area contributed by atoms with Gasteiger partial charge in [-0.3, -0.25) is 4.79 Å². The van der Waals surface area contributed by atoms with E-state index in [9.17, 15) is 14.1 Å². The van der Waals surface area contributed by atoms with E-state index in [1.54, 1.807) is 13.8 Å². The van der Waals surface area contributed by atoms with Gasteiger partial charge in [0.2, 0.25) is 0 Å². The van der Waals surface area contributed by atoms with E-state index in [1.165, 1.54) is 6.20 Å². The average Bonchev–Trinajstić information content (AvgIpc) is 3.27. The molecule has 0 saturated heterocycles. The van der Waals surface area contributed by atoms with Gasteiger partial charge >= 0.3 is 0 Å². The number of thiazole rings is 1. The Morgan fingerprint density at radius 3 is 2.20 bits per heavy atom. The maximum absolute atomic E-state index is 12.9. The summed E-state index contributed by atoms with van der Waals surface area (Å²) < 4.78 is 18.7. The number of para-hydroxylation sites is 2. The zero-order valence-electron chi connectivity index (χ0n) is 16.4. The summed E-state index contributed by atoms with van der Waals surface area (Å²) >= 11 is 0.987. The highest BCUT2D eigenvalue weighted by atomic mass is 32.2. The standard InChI is InChI=1S/C20H20N4O3S2.H2S/c1-20(2,26)19-22-11-18(28-19)29(21,27)23-17(25)12-24-15-9-5-3-7-13(15)14-8-4-6-10-16(14)24;/h3-11,26H,12H2,1-2H3,(H2,21,23,25,27);1H2. The lowest BCUT2D eigenvalue weighted by atomic mass is 10.2. The monoisotopic (exact) mass is 462 g/mol. The summed E-state index contributed by atoms with van der Waals surface area (Å²) in [7, 11) is -3.45. The molecule has 158 valence electrons. The molecule has 1 amide bonds. The van der Waals surface area contributed by atoms with Crippen molar-refractivity contribution >= 4 is 62.5 Å². The lowest BCUT2D eigenvalue weighted by Gasteiger charge is -2.12. The number of carbonyl (C=O) groups is 1. The number of fused-ring (bicyclic) bond motifs is 3. The zero-order valence-corrected chi connectivity index (χ0v) is 19.0. The highest BCUT2D eigenvalue weighted by molar-refractivity contribution is 7.93. The minimum atomic E-state index is -3.45. The van der Waals surface area contributed by atoms with E-state index in [1.807, 2.05) is 53.1 Å². The fraction of sp³-hybridized carbons (Fsp3) is 0.200. The normalized spacial score (nSPS) is 13.7. The van der Waals surface area contributed by atoms with Gasteiger partial charge in [0.25, 0.3) is 5.91 Å². The SMILES string of the molecule is CC(C)(O)c1ncc(S(N)(=O)=NC(=O)Cn2c3ccccc3c3ccccc32)s1.S. The van der Waals surface area contributed by atoms with Gasteiger partial charge in [0.05, 0.1) is 6.20 Å². The van der Waals surface area contributed by atoms with E-state index in [0.29, 0.717) is 5.01 Å². The summed E-state index contributed by atoms with van der Waals surface area (Å²) in [6.45, 7) is 3.05. The van der Waals surface area contributed by atoms with Gasteiger partial charge in [-0.05, 0) is 26.0 Å². The number of carbonyl (C=O) groups excluding carboxylic acids is 1. The Morgan fingerprint density at radius 1 is 1.17 bits per heavy atom. The van der Waals surface area contributed by atoms with Crippen LogP contribution in [-0.2, 0) is 26.9 Å². The molecule has 2 aromatic heterocycles. The molecule has 0 fully saturated rings. The third-order valence-corrected chi connectivity index (χ3v) is 7.73. The summed E-state index contributed by atoms with van der Waals surface area (Å²) in [6.07, 6.45) is 1.30. The number of rotatable bonds is 4. The number of hydrogen-bond donors (Lipinski definition) is 2. The van der Waals surface area contributed by atoms with E-state index < -0.39 is 21.4 Å². The van der Waals surface area contributed by atoms with E-state index in [-0.39, 0.29) is 24.2 Å². The van der Waals surface area contributed by atoms with Crippen molar-refractivity contribution in [1.29, 1.82) is 0 Å². The molecule has 1 atom stereocenters. The van der Waals surface area contributed by atoms with Gasteiger partial charge in [0.15, 0.2) is 9.92 Å². The largest absolute Gasteiger partial charge is 0.383 e. The fourth-order valence-corrected chi connectivity index (χ4v) is 5.34. The molecule has 0 radical (unpaired) electrons. The van der Waals surface area contributed by atoms with Crippen molar-refractivity contribution in [1.82, 2.24) is 9.55 Å². The van der Waals surface area contributed by atoms with Crippen LogP contribution in [0.25, 0.3) is 21.8 Å². The van der Waals surface area contributed by atoms with Crippen molar-refractivity contribution in [3.8, 4) is 0 Å². The molecule has 30 heavy (non-hydrogen) atoms. The van der Waals surface area contributed by atoms with Crippen LogP contribution in [0.15, 0.2) is 63.3 Å². The van der Waals surface area contributed by atoms with Crippen LogP contribution in [0.2, 0.25) is 0 Å². The molecule has 4 aromatic rings. The van der Waals surface area contributed by atoms with Crippen molar-refractivity contribution in [3.63, 3.8) is 0 Å². The number of amides is 1. The minimum absolute atomic E-state index is 0. The molecule has 0 bridgehead atoms. The van der Waals surface area contributed by atoms with Crippen LogP contribution >= 0.6 is 24.8 Å². The minimum Gasteiger partial charge on any atom is -0.383 e. The summed E-state index contributed by atoms with van der Waals surface area (Å²) in [5.41, 5.74) is 0.594. The Morgan fingerprint density at radius 2 is 1.70 bits per heavy atom. The molecule has 4 rings (SSSR count). The predicted molar refractivity (Wildman–Crippen MR) is 125 cm³/mol. The Labute approximate surface area is 185 Å². The molecular formula is C20H22N4O3S3. The molecular weight excluding hydrogens is 440 g/mol. The first kappa shape index (κ1) is 22.4. The maximum atomic E-state index is 12.9. The zero-order chi connectivity index (χ0) is 20.8. The third kappa shape index (κ3) is 4.14. The molecule has 7 nitrogen and oxygen atoms in total. The van der Waals surface area contributed by atoms with Crippen LogP contribution in [0.1, 0.15) is 18.9 Å². The fourth-order valence-electron chi connectivity index (χ4n) is 3.21. The molecule has 0 spiro atoms. The number of nitrogens with zero attached hydrogens (tertiary/aromatic N) is 3. The van der Waals surface area contributed by atoms with Crippen molar-refractivity contribution in [2.24, 2.45) is 9.50 Å². The number of nitrogens with two attached hydrogens (primary N) is 1. The van der Waals surface area contributed by atoms with Gasteiger partial charge in [-0.2, -0.15) is 13.5 Å². The van der Waals surface area contributed by atoms with Gasteiger partial charge in [0, 0.05) is 21.8 Å². The first-order valence-corrected chi connectivity index (χ1v) is 11.3. The van der Waals surface area contributed by atoms with E-state index in [0.717, 1.165) is 33.1 Å². The maximum Gasteiger partial charge on any atom is 0.275 e. The summed E-state index contributed by atoms with van der Waals surface area (Å²) in [4.78, 5) is 16.7. The van der Waals surface area contributed by atoms with Crippen LogP contribution < -0.4 is 5.14 Å². The van der Waals surface area contributed by atoms with Crippen LogP contribution in [0.4, 0.5) is 0 Å². The molecule has 0 aliphatic carbocycles. The lowest BCUT2D eigenvalue weighted by molar-refractivity contribution is -0.118. The van der Waals surface area contributed by atoms with Gasteiger partial charge in [-0.1, -0.05) is 36.4 Å². The molecule has 3 N–H and O–H groups in total. The quantitative estimate of drug-likeness (QED) is 0.483. The van der Waals surface area contributed by atoms with Crippen molar-refractivity contribution in [3.05, 3.63) is 59.7 Å². The van der Waals surface area contributed by atoms with Crippen LogP contribution in [0.5, 0.6) is 0 Å². The second-order valence-corrected chi connectivity index (χ2v) is 10.3. The molecule has 2 aromatic carbocycles. The predicted octanol–water partition coefficient (Wildman–Crippen LogP) is 3.52. The van der Waals surface area contributed by atoms with Crippen LogP contribution in [0.3, 0.4) is 0 Å². The molecule has 1 unspecified atom stereocenters. The number of hydrogen-bond acceptors (Lipinski definition) is 5. The highest BCUT2D eigenvalue weighted by Crippen LogP contribution is 2.29. The van der Waals surface area contributed by atoms with Crippen molar-refractivity contribution in [2.75, 3.05) is 0 Å². The van der Waals surface area contributed by atoms with Crippen LogP contribution in [-0.4, -0.2) is 24.8 Å². The molecule has 2 heterocycles. The number of aromatic nitrogens is 2. The first-order chi connectivity index (χ1) is 13.7. The van der Waals surface area contributed by atoms with E-state index in [4.69, 9.17) is 5.14 Å². The molecule has 0 aliphatic heterocycles. The Balaban J connectivity index is 0.00000256. The Hall–Kier alpha value is -2.24. The van der Waals surface area contributed by atoms with Crippen molar-refractivity contribution < 1.29 is 14.1 Å². The number of benzene rings is 2. The van der Waals surface area contributed by atoms with Gasteiger partial charge in [0.1, 0.15) is 21.4 Å². The lowest BCUT2D eigenvalue weighted by Crippen LogP contribution is -2.16. The molecule has 0 aliphatic rings. The second kappa shape index (κ2) is 8.12. The smallest absolute Gasteiger partial charge is 0.275 e. The Bertz CT molecular complexity index is 1310. The van der Waals surface area contributed by atoms with Gasteiger partial charge in [-0.15, -0.1) is 15.7 Å². The molecule has 0 saturated carbocycles. The summed E-state index contributed by atoms with van der Waals surface area (Å²) in [5.74, 6) is -0.595. The van der Waals surface area contributed by atoms with Crippen molar-refractivity contribution in [2.45, 2.75) is 30.2 Å².